The first-order valence-corrected chi connectivity index (χ1v) is 11.7. The van der Waals surface area contributed by atoms with Crippen LogP contribution < -0.4 is 26.4 Å². The van der Waals surface area contributed by atoms with Crippen LogP contribution in [0.5, 0.6) is 0 Å². The van der Waals surface area contributed by atoms with E-state index in [-0.39, 0.29) is 22.7 Å². The van der Waals surface area contributed by atoms with E-state index in [2.05, 4.69) is 46.7 Å². The molecule has 1 aliphatic heterocycles. The summed E-state index contributed by atoms with van der Waals surface area (Å²) in [4.78, 5) is 38.8. The first-order valence-electron chi connectivity index (χ1n) is 11.7. The molecule has 2 aromatic carbocycles. The van der Waals surface area contributed by atoms with E-state index < -0.39 is 0 Å². The Morgan fingerprint density at radius 1 is 0.968 bits per heavy atom. The second kappa shape index (κ2) is 9.67. The van der Waals surface area contributed by atoms with Crippen LogP contribution in [0.15, 0.2) is 33.9 Å². The third-order valence-electron chi connectivity index (χ3n) is 6.93. The molecule has 1 saturated heterocycles. The zero-order valence-electron chi connectivity index (χ0n) is 18.4. The molecule has 6 heteroatoms. The Morgan fingerprint density at radius 3 is 2.32 bits per heavy atom. The van der Waals surface area contributed by atoms with Crippen molar-refractivity contribution in [1.82, 2.24) is 5.32 Å². The molecule has 0 radical (unpaired) electrons. The third-order valence-corrected chi connectivity index (χ3v) is 6.93. The lowest BCUT2D eigenvalue weighted by atomic mass is 9.81. The Bertz CT molecular complexity index is 961. The van der Waals surface area contributed by atoms with E-state index in [0.717, 1.165) is 57.2 Å². The number of aryl methyl sites for hydroxylation is 1. The molecule has 6 nitrogen and oxygen atoms in total. The van der Waals surface area contributed by atoms with Gasteiger partial charge in [-0.2, -0.15) is 0 Å². The van der Waals surface area contributed by atoms with Crippen LogP contribution in [0.4, 0.5) is 11.4 Å². The Balaban J connectivity index is 1.22. The van der Waals surface area contributed by atoms with Crippen LogP contribution >= 0.6 is 0 Å². The van der Waals surface area contributed by atoms with Crippen molar-refractivity contribution in [2.45, 2.75) is 58.4 Å². The molecular weight excluding hydrogens is 390 g/mol. The molecule has 0 unspecified atom stereocenters. The molecule has 31 heavy (non-hydrogen) atoms. The van der Waals surface area contributed by atoms with Gasteiger partial charge in [0.05, 0.1) is 0 Å². The molecule has 4 rings (SSSR count). The monoisotopic (exact) mass is 423 g/mol. The summed E-state index contributed by atoms with van der Waals surface area (Å²) in [6.07, 6.45) is 7.02. The van der Waals surface area contributed by atoms with Gasteiger partial charge in [-0.3, -0.25) is 14.4 Å². The molecule has 2 aliphatic rings. The van der Waals surface area contributed by atoms with E-state index in [1.165, 1.54) is 12.0 Å². The maximum atomic E-state index is 12.5. The predicted molar refractivity (Wildman–Crippen MR) is 124 cm³/mol. The largest absolute Gasteiger partial charge is 0.380 e. The first-order chi connectivity index (χ1) is 15.0. The molecule has 0 spiro atoms. The summed E-state index contributed by atoms with van der Waals surface area (Å²) >= 11 is 0. The Kier molecular flexibility index (Phi) is 6.73. The van der Waals surface area contributed by atoms with Crippen LogP contribution in [-0.2, 0) is 11.3 Å². The molecule has 1 aliphatic carbocycles. The van der Waals surface area contributed by atoms with E-state index >= 15 is 0 Å². The topological polar surface area (TPSA) is 78.5 Å². The minimum atomic E-state index is -0.371. The van der Waals surface area contributed by atoms with Crippen molar-refractivity contribution < 1.29 is 4.79 Å². The average molecular weight is 424 g/mol. The molecule has 2 N–H and O–H groups in total. The fourth-order valence-corrected chi connectivity index (χ4v) is 4.88. The van der Waals surface area contributed by atoms with Crippen molar-refractivity contribution in [1.29, 1.82) is 0 Å². The fraction of sp³-hybridized carbons (Fsp3) is 0.560. The van der Waals surface area contributed by atoms with Gasteiger partial charge in [-0.15, -0.1) is 0 Å². The lowest BCUT2D eigenvalue weighted by molar-refractivity contribution is -0.126. The Hall–Kier alpha value is -2.63. The summed E-state index contributed by atoms with van der Waals surface area (Å²) < 4.78 is 0. The second-order valence-electron chi connectivity index (χ2n) is 9.23. The number of benzene rings is 1. The normalized spacial score (nSPS) is 21.8. The highest BCUT2D eigenvalue weighted by molar-refractivity contribution is 5.78. The molecular formula is C25H33N3O3. The number of hydrogen-bond acceptors (Lipinski definition) is 5. The second-order valence-corrected chi connectivity index (χ2v) is 9.23. The van der Waals surface area contributed by atoms with Crippen LogP contribution in [0.3, 0.4) is 0 Å². The molecule has 1 heterocycles. The molecule has 1 saturated carbocycles. The lowest BCUT2D eigenvalue weighted by Crippen LogP contribution is -2.45. The molecule has 166 valence electrons. The first kappa shape index (κ1) is 21.6. The average Bonchev–Trinajstić information content (AvgIpc) is 2.81. The molecule has 2 aromatic rings. The quantitative estimate of drug-likeness (QED) is 0.669. The SMILES string of the molecule is Cc1ccc(CNC(=O)C2CCC(CNc3c(N4CCCCC4)c(=O)c3=O)CC2)cc1. The van der Waals surface area contributed by atoms with Gasteiger partial charge in [0.15, 0.2) is 0 Å². The van der Waals surface area contributed by atoms with Crippen molar-refractivity contribution in [2.75, 3.05) is 29.9 Å². The minimum absolute atomic E-state index is 0.0664. The van der Waals surface area contributed by atoms with Gasteiger partial charge in [-0.1, -0.05) is 29.8 Å². The highest BCUT2D eigenvalue weighted by Crippen LogP contribution is 2.30. The van der Waals surface area contributed by atoms with Gasteiger partial charge < -0.3 is 15.5 Å². The van der Waals surface area contributed by atoms with Gasteiger partial charge in [-0.25, -0.2) is 0 Å². The molecule has 1 amide bonds. The number of amides is 1. The van der Waals surface area contributed by atoms with Crippen LogP contribution in [0.2, 0.25) is 0 Å². The summed E-state index contributed by atoms with van der Waals surface area (Å²) in [6.45, 7) is 5.05. The number of piperidine rings is 1. The van der Waals surface area contributed by atoms with Gasteiger partial charge in [0.1, 0.15) is 11.4 Å². The van der Waals surface area contributed by atoms with Crippen LogP contribution in [-0.4, -0.2) is 25.5 Å². The smallest absolute Gasteiger partial charge is 0.253 e. The van der Waals surface area contributed by atoms with Crippen molar-refractivity contribution in [3.05, 3.63) is 55.8 Å². The van der Waals surface area contributed by atoms with Crippen molar-refractivity contribution in [3.8, 4) is 0 Å². The summed E-state index contributed by atoms with van der Waals surface area (Å²) in [6, 6.07) is 8.23. The number of carbonyl (C=O) groups is 1. The van der Waals surface area contributed by atoms with Crippen molar-refractivity contribution in [2.24, 2.45) is 11.8 Å². The van der Waals surface area contributed by atoms with Gasteiger partial charge in [0, 0.05) is 32.1 Å². The zero-order chi connectivity index (χ0) is 21.8. The van der Waals surface area contributed by atoms with Crippen molar-refractivity contribution >= 4 is 17.3 Å². The predicted octanol–water partition coefficient (Wildman–Crippen LogP) is 3.12. The summed E-state index contributed by atoms with van der Waals surface area (Å²) in [5, 5.41) is 6.35. The van der Waals surface area contributed by atoms with Gasteiger partial charge in [0.2, 0.25) is 5.91 Å². The highest BCUT2D eigenvalue weighted by Gasteiger charge is 2.29. The van der Waals surface area contributed by atoms with Crippen LogP contribution in [0.25, 0.3) is 0 Å². The maximum absolute atomic E-state index is 12.5. The maximum Gasteiger partial charge on any atom is 0.253 e. The fourth-order valence-electron chi connectivity index (χ4n) is 4.88. The molecule has 2 fully saturated rings. The van der Waals surface area contributed by atoms with E-state index in [0.29, 0.717) is 30.4 Å². The van der Waals surface area contributed by atoms with E-state index in [1.54, 1.807) is 0 Å². The van der Waals surface area contributed by atoms with Gasteiger partial charge in [0.25, 0.3) is 10.9 Å². The Morgan fingerprint density at radius 2 is 1.65 bits per heavy atom. The number of hydrogen-bond donors (Lipinski definition) is 2. The zero-order valence-corrected chi connectivity index (χ0v) is 18.4. The molecule has 0 bridgehead atoms. The molecule has 0 aromatic heterocycles. The summed E-state index contributed by atoms with van der Waals surface area (Å²) in [5.74, 6) is 0.637. The number of nitrogens with zero attached hydrogens (tertiary/aromatic N) is 1. The summed E-state index contributed by atoms with van der Waals surface area (Å²) in [7, 11) is 0. The van der Waals surface area contributed by atoms with Crippen LogP contribution in [0.1, 0.15) is 56.1 Å². The van der Waals surface area contributed by atoms with E-state index in [4.69, 9.17) is 0 Å². The summed E-state index contributed by atoms with van der Waals surface area (Å²) in [5.41, 5.74) is 2.75. The van der Waals surface area contributed by atoms with Crippen LogP contribution in [0, 0.1) is 18.8 Å². The van der Waals surface area contributed by atoms with E-state index in [1.807, 2.05) is 0 Å². The van der Waals surface area contributed by atoms with Gasteiger partial charge >= 0.3 is 0 Å². The lowest BCUT2D eigenvalue weighted by Gasteiger charge is -2.32. The number of carbonyl (C=O) groups excluding carboxylic acids is 1. The third kappa shape index (κ3) is 5.00. The number of anilines is 2. The van der Waals surface area contributed by atoms with Gasteiger partial charge in [-0.05, 0) is 63.4 Å². The Labute approximate surface area is 183 Å². The molecule has 0 atom stereocenters. The standard InChI is InChI=1S/C25H33N3O3/c1-17-5-7-18(8-6-17)16-27-25(31)20-11-9-19(10-12-20)15-26-21-22(24(30)23(21)29)28-13-3-2-4-14-28/h5-8,19-20,26H,2-4,9-16H2,1H3,(H,27,31). The highest BCUT2D eigenvalue weighted by atomic mass is 16.2. The van der Waals surface area contributed by atoms with Crippen molar-refractivity contribution in [3.63, 3.8) is 0 Å². The minimum Gasteiger partial charge on any atom is -0.380 e. The number of rotatable bonds is 7. The van der Waals surface area contributed by atoms with E-state index in [9.17, 15) is 14.4 Å². The number of nitrogens with one attached hydrogen (secondary N) is 2.